The number of aliphatic hydroxyl groups is 2. The van der Waals surface area contributed by atoms with E-state index in [2.05, 4.69) is 4.90 Å². The molecule has 0 aromatic carbocycles. The average molecular weight is 171 g/mol. The van der Waals surface area contributed by atoms with Crippen molar-refractivity contribution in [2.45, 2.75) is 43.9 Å². The van der Waals surface area contributed by atoms with Gasteiger partial charge in [0, 0.05) is 19.1 Å². The van der Waals surface area contributed by atoms with Gasteiger partial charge in [-0.15, -0.1) is 0 Å². The fraction of sp³-hybridized carbons (Fsp3) is 1.00. The van der Waals surface area contributed by atoms with Crippen LogP contribution in [0.4, 0.5) is 0 Å². The van der Waals surface area contributed by atoms with E-state index in [9.17, 15) is 10.2 Å². The van der Waals surface area contributed by atoms with Crippen LogP contribution in [0.25, 0.3) is 0 Å². The summed E-state index contributed by atoms with van der Waals surface area (Å²) in [7, 11) is 0. The third kappa shape index (κ3) is 1.49. The highest BCUT2D eigenvalue weighted by Crippen LogP contribution is 2.26. The zero-order valence-electron chi connectivity index (χ0n) is 7.32. The fourth-order valence-electron chi connectivity index (χ4n) is 2.37. The minimum Gasteiger partial charge on any atom is -0.389 e. The molecule has 1 saturated heterocycles. The molecule has 0 aromatic heterocycles. The Morgan fingerprint density at radius 3 is 1.92 bits per heavy atom. The Labute approximate surface area is 73.0 Å². The van der Waals surface area contributed by atoms with Gasteiger partial charge in [0.25, 0.3) is 0 Å². The van der Waals surface area contributed by atoms with E-state index in [1.807, 2.05) is 0 Å². The van der Waals surface area contributed by atoms with Crippen molar-refractivity contribution < 1.29 is 10.2 Å². The zero-order chi connectivity index (χ0) is 8.55. The average Bonchev–Trinajstić information content (AvgIpc) is 2.61. The number of β-amino-alcohol motifs (C(OH)–C–C–N with tert-alkyl or cyclic N) is 2. The summed E-state index contributed by atoms with van der Waals surface area (Å²) in [5, 5.41) is 18.7. The largest absolute Gasteiger partial charge is 0.389 e. The quantitative estimate of drug-likeness (QED) is 0.582. The Hall–Kier alpha value is -0.120. The van der Waals surface area contributed by atoms with Gasteiger partial charge in [0.05, 0.1) is 12.2 Å². The molecule has 70 valence electrons. The maximum absolute atomic E-state index is 9.34. The van der Waals surface area contributed by atoms with Gasteiger partial charge in [-0.2, -0.15) is 0 Å². The van der Waals surface area contributed by atoms with Gasteiger partial charge < -0.3 is 10.2 Å². The van der Waals surface area contributed by atoms with E-state index in [0.717, 1.165) is 0 Å². The molecule has 1 aliphatic heterocycles. The lowest BCUT2D eigenvalue weighted by Crippen LogP contribution is -2.31. The second-order valence-electron chi connectivity index (χ2n) is 4.03. The van der Waals surface area contributed by atoms with Crippen molar-refractivity contribution in [3.8, 4) is 0 Å². The Morgan fingerprint density at radius 2 is 1.42 bits per heavy atom. The maximum Gasteiger partial charge on any atom is 0.0938 e. The molecule has 0 unspecified atom stereocenters. The fourth-order valence-corrected chi connectivity index (χ4v) is 2.37. The molecule has 2 atom stereocenters. The summed E-state index contributed by atoms with van der Waals surface area (Å²) in [6, 6.07) is 0.636. The SMILES string of the molecule is O[C@@H]1CN(C2CCCC2)C[C@@H]1O. The first-order chi connectivity index (χ1) is 5.77. The second-order valence-corrected chi connectivity index (χ2v) is 4.03. The van der Waals surface area contributed by atoms with E-state index in [1.54, 1.807) is 0 Å². The Bertz CT molecular complexity index is 147. The van der Waals surface area contributed by atoms with Gasteiger partial charge in [-0.1, -0.05) is 12.8 Å². The first-order valence-corrected chi connectivity index (χ1v) is 4.87. The highest BCUT2D eigenvalue weighted by atomic mass is 16.3. The van der Waals surface area contributed by atoms with E-state index in [1.165, 1.54) is 25.7 Å². The van der Waals surface area contributed by atoms with Crippen molar-refractivity contribution in [3.63, 3.8) is 0 Å². The van der Waals surface area contributed by atoms with E-state index < -0.39 is 12.2 Å². The molecule has 1 saturated carbocycles. The Kier molecular flexibility index (Phi) is 2.35. The predicted molar refractivity (Wildman–Crippen MR) is 45.8 cm³/mol. The molecule has 2 rings (SSSR count). The molecule has 2 fully saturated rings. The van der Waals surface area contributed by atoms with Crippen molar-refractivity contribution in [2.75, 3.05) is 13.1 Å². The molecule has 0 aromatic rings. The zero-order valence-corrected chi connectivity index (χ0v) is 7.32. The first kappa shape index (κ1) is 8.48. The van der Waals surface area contributed by atoms with Crippen LogP contribution in [0.3, 0.4) is 0 Å². The van der Waals surface area contributed by atoms with Gasteiger partial charge in [0.2, 0.25) is 0 Å². The van der Waals surface area contributed by atoms with E-state index in [-0.39, 0.29) is 0 Å². The molecule has 0 radical (unpaired) electrons. The molecule has 2 aliphatic rings. The molecule has 0 spiro atoms. The summed E-state index contributed by atoms with van der Waals surface area (Å²) in [6.07, 6.45) is 4.11. The summed E-state index contributed by atoms with van der Waals surface area (Å²) < 4.78 is 0. The third-order valence-electron chi connectivity index (χ3n) is 3.13. The highest BCUT2D eigenvalue weighted by molar-refractivity contribution is 4.89. The van der Waals surface area contributed by atoms with Crippen molar-refractivity contribution >= 4 is 0 Å². The lowest BCUT2D eigenvalue weighted by atomic mass is 10.2. The minimum atomic E-state index is -0.509. The molecule has 12 heavy (non-hydrogen) atoms. The van der Waals surface area contributed by atoms with Crippen molar-refractivity contribution in [1.29, 1.82) is 0 Å². The monoisotopic (exact) mass is 171 g/mol. The normalized spacial score (nSPS) is 39.5. The van der Waals surface area contributed by atoms with Gasteiger partial charge in [0.15, 0.2) is 0 Å². The Morgan fingerprint density at radius 1 is 0.917 bits per heavy atom. The Balaban J connectivity index is 1.89. The molecule has 3 heteroatoms. The molecule has 0 amide bonds. The van der Waals surface area contributed by atoms with Crippen molar-refractivity contribution in [3.05, 3.63) is 0 Å². The predicted octanol–water partition coefficient (Wildman–Crippen LogP) is -0.0336. The molecular formula is C9H17NO2. The van der Waals surface area contributed by atoms with Gasteiger partial charge >= 0.3 is 0 Å². The van der Waals surface area contributed by atoms with E-state index in [4.69, 9.17) is 0 Å². The van der Waals surface area contributed by atoms with Crippen LogP contribution in [0.2, 0.25) is 0 Å². The lowest BCUT2D eigenvalue weighted by Gasteiger charge is -2.22. The van der Waals surface area contributed by atoms with Crippen LogP contribution in [-0.2, 0) is 0 Å². The molecular weight excluding hydrogens is 154 g/mol. The van der Waals surface area contributed by atoms with Gasteiger partial charge in [-0.05, 0) is 12.8 Å². The second kappa shape index (κ2) is 3.32. The van der Waals surface area contributed by atoms with E-state index >= 15 is 0 Å². The number of nitrogens with zero attached hydrogens (tertiary/aromatic N) is 1. The van der Waals surface area contributed by atoms with Crippen LogP contribution in [0, 0.1) is 0 Å². The maximum atomic E-state index is 9.34. The molecule has 2 N–H and O–H groups in total. The van der Waals surface area contributed by atoms with Gasteiger partial charge in [-0.3, -0.25) is 4.90 Å². The summed E-state index contributed by atoms with van der Waals surface area (Å²) in [4.78, 5) is 2.24. The van der Waals surface area contributed by atoms with Crippen LogP contribution in [0.1, 0.15) is 25.7 Å². The first-order valence-electron chi connectivity index (χ1n) is 4.87. The van der Waals surface area contributed by atoms with Crippen LogP contribution in [0.15, 0.2) is 0 Å². The van der Waals surface area contributed by atoms with Gasteiger partial charge in [-0.25, -0.2) is 0 Å². The van der Waals surface area contributed by atoms with Gasteiger partial charge in [0.1, 0.15) is 0 Å². The van der Waals surface area contributed by atoms with Crippen LogP contribution >= 0.6 is 0 Å². The summed E-state index contributed by atoms with van der Waals surface area (Å²) in [6.45, 7) is 1.34. The van der Waals surface area contributed by atoms with Crippen molar-refractivity contribution in [2.24, 2.45) is 0 Å². The summed E-state index contributed by atoms with van der Waals surface area (Å²) in [5.74, 6) is 0. The number of aliphatic hydroxyl groups excluding tert-OH is 2. The van der Waals surface area contributed by atoms with Crippen LogP contribution in [-0.4, -0.2) is 46.5 Å². The lowest BCUT2D eigenvalue weighted by molar-refractivity contribution is 0.0572. The third-order valence-corrected chi connectivity index (χ3v) is 3.13. The smallest absolute Gasteiger partial charge is 0.0938 e. The number of hydrogen-bond donors (Lipinski definition) is 2. The molecule has 1 aliphatic carbocycles. The molecule has 1 heterocycles. The molecule has 0 bridgehead atoms. The number of rotatable bonds is 1. The van der Waals surface area contributed by atoms with Crippen LogP contribution < -0.4 is 0 Å². The minimum absolute atomic E-state index is 0.509. The number of hydrogen-bond acceptors (Lipinski definition) is 3. The standard InChI is InChI=1S/C9H17NO2/c11-8-5-10(6-9(8)12)7-3-1-2-4-7/h7-9,11-12H,1-6H2/t8-,9+. The summed E-state index contributed by atoms with van der Waals surface area (Å²) >= 11 is 0. The number of likely N-dealkylation sites (tertiary alicyclic amines) is 1. The van der Waals surface area contributed by atoms with E-state index in [0.29, 0.717) is 19.1 Å². The summed E-state index contributed by atoms with van der Waals surface area (Å²) in [5.41, 5.74) is 0. The van der Waals surface area contributed by atoms with Crippen molar-refractivity contribution in [1.82, 2.24) is 4.90 Å². The molecule has 3 nitrogen and oxygen atoms in total. The highest BCUT2D eigenvalue weighted by Gasteiger charge is 2.34. The van der Waals surface area contributed by atoms with Crippen LogP contribution in [0.5, 0.6) is 0 Å². The topological polar surface area (TPSA) is 43.7 Å².